The second-order valence-corrected chi connectivity index (χ2v) is 7.14. The second-order valence-electron chi connectivity index (χ2n) is 6.73. The van der Waals surface area contributed by atoms with Gasteiger partial charge in [0, 0.05) is 13.1 Å². The van der Waals surface area contributed by atoms with Gasteiger partial charge in [0.05, 0.1) is 10.7 Å². The minimum Gasteiger partial charge on any atom is -0.386 e. The van der Waals surface area contributed by atoms with Gasteiger partial charge < -0.3 is 15.1 Å². The van der Waals surface area contributed by atoms with Crippen molar-refractivity contribution in [2.45, 2.75) is 52.0 Å². The molecule has 2 amide bonds. The number of amides is 2. The van der Waals surface area contributed by atoms with Gasteiger partial charge in [-0.3, -0.25) is 9.59 Å². The van der Waals surface area contributed by atoms with Crippen LogP contribution in [-0.4, -0.2) is 42.6 Å². The van der Waals surface area contributed by atoms with Gasteiger partial charge in [0.15, 0.2) is 6.61 Å². The summed E-state index contributed by atoms with van der Waals surface area (Å²) in [5.41, 5.74) is 2.42. The Kier molecular flexibility index (Phi) is 7.45. The molecule has 0 aliphatic heterocycles. The molecule has 0 unspecified atom stereocenters. The topological polar surface area (TPSA) is 71.0 Å². The lowest BCUT2D eigenvalue weighted by molar-refractivity contribution is -0.137. The minimum absolute atomic E-state index is 0.133. The van der Waals surface area contributed by atoms with Gasteiger partial charge in [0.1, 0.15) is 6.21 Å². The van der Waals surface area contributed by atoms with E-state index in [1.54, 1.807) is 18.0 Å². The maximum atomic E-state index is 12.1. The molecule has 1 saturated carbocycles. The summed E-state index contributed by atoms with van der Waals surface area (Å²) in [5.74, 6) is -0.598. The van der Waals surface area contributed by atoms with E-state index in [-0.39, 0.29) is 18.6 Å². The summed E-state index contributed by atoms with van der Waals surface area (Å²) >= 11 is 6.15. The molecule has 0 atom stereocenters. The van der Waals surface area contributed by atoms with Crippen molar-refractivity contribution in [1.29, 1.82) is 0 Å². The van der Waals surface area contributed by atoms with Crippen molar-refractivity contribution < 1.29 is 14.4 Å². The molecule has 142 valence electrons. The molecule has 7 heteroatoms. The van der Waals surface area contributed by atoms with Gasteiger partial charge in [0.2, 0.25) is 0 Å². The van der Waals surface area contributed by atoms with Crippen molar-refractivity contribution in [2.24, 2.45) is 5.16 Å². The van der Waals surface area contributed by atoms with Gasteiger partial charge in [-0.15, -0.1) is 0 Å². The van der Waals surface area contributed by atoms with Crippen LogP contribution in [0.25, 0.3) is 0 Å². The lowest BCUT2D eigenvalue weighted by Gasteiger charge is -2.30. The van der Waals surface area contributed by atoms with E-state index in [4.69, 9.17) is 16.4 Å². The number of benzene rings is 1. The third-order valence-electron chi connectivity index (χ3n) is 4.63. The molecule has 26 heavy (non-hydrogen) atoms. The summed E-state index contributed by atoms with van der Waals surface area (Å²) in [4.78, 5) is 30.7. The summed E-state index contributed by atoms with van der Waals surface area (Å²) in [6.45, 7) is 3.62. The minimum atomic E-state index is -0.466. The number of hydrogen-bond donors (Lipinski definition) is 1. The van der Waals surface area contributed by atoms with Crippen LogP contribution in [0.2, 0.25) is 5.02 Å². The number of halogens is 1. The zero-order valence-electron chi connectivity index (χ0n) is 15.5. The summed E-state index contributed by atoms with van der Waals surface area (Å²) in [7, 11) is 1.79. The number of carbonyl (C=O) groups is 2. The molecular formula is C19H26ClN3O3. The molecule has 2 rings (SSSR count). The van der Waals surface area contributed by atoms with E-state index in [9.17, 15) is 9.59 Å². The van der Waals surface area contributed by atoms with Crippen LogP contribution in [0.5, 0.6) is 0 Å². The van der Waals surface area contributed by atoms with Crippen molar-refractivity contribution in [3.63, 3.8) is 0 Å². The van der Waals surface area contributed by atoms with E-state index < -0.39 is 5.91 Å². The van der Waals surface area contributed by atoms with E-state index in [0.717, 1.165) is 43.0 Å². The van der Waals surface area contributed by atoms with Gasteiger partial charge in [-0.05, 0) is 43.9 Å². The Balaban J connectivity index is 1.79. The third-order valence-corrected chi connectivity index (χ3v) is 4.93. The van der Waals surface area contributed by atoms with E-state index in [0.29, 0.717) is 10.7 Å². The average molecular weight is 380 g/mol. The Bertz CT molecular complexity index is 662. The fraction of sp³-hybridized carbons (Fsp3) is 0.526. The Morgan fingerprint density at radius 1 is 1.31 bits per heavy atom. The highest BCUT2D eigenvalue weighted by atomic mass is 35.5. The first-order valence-electron chi connectivity index (χ1n) is 8.87. The van der Waals surface area contributed by atoms with Crippen molar-refractivity contribution in [3.05, 3.63) is 28.3 Å². The fourth-order valence-electron chi connectivity index (χ4n) is 3.18. The highest BCUT2D eigenvalue weighted by molar-refractivity contribution is 6.37. The lowest BCUT2D eigenvalue weighted by Crippen LogP contribution is -2.40. The van der Waals surface area contributed by atoms with Gasteiger partial charge in [-0.25, -0.2) is 0 Å². The Hall–Kier alpha value is -2.08. The molecule has 0 aromatic heterocycles. The maximum absolute atomic E-state index is 12.1. The summed E-state index contributed by atoms with van der Waals surface area (Å²) in [6, 6.07) is 3.98. The molecule has 0 heterocycles. The smallest absolute Gasteiger partial charge is 0.270 e. The first kappa shape index (κ1) is 20.2. The standard InChI is InChI=1S/C19H26ClN3O3/c1-13-9-14(2)19(16(20)10-13)22-17(24)11-21-26-12-18(25)23(3)15-7-5-4-6-8-15/h9-11,15H,4-8,12H2,1-3H3,(H,22,24)/b21-11+. The highest BCUT2D eigenvalue weighted by Crippen LogP contribution is 2.27. The molecule has 1 aromatic carbocycles. The molecule has 1 aliphatic rings. The number of nitrogens with one attached hydrogen (secondary N) is 1. The predicted octanol–water partition coefficient (Wildman–Crippen LogP) is 3.69. The zero-order valence-corrected chi connectivity index (χ0v) is 16.3. The number of aryl methyl sites for hydroxylation is 2. The van der Waals surface area contributed by atoms with Gasteiger partial charge in [-0.2, -0.15) is 0 Å². The molecule has 0 spiro atoms. The van der Waals surface area contributed by atoms with E-state index in [2.05, 4.69) is 10.5 Å². The SMILES string of the molecule is Cc1cc(C)c(NC(=O)/C=N/OCC(=O)N(C)C2CCCCC2)c(Cl)c1. The largest absolute Gasteiger partial charge is 0.386 e. The van der Waals surface area contributed by atoms with Crippen LogP contribution in [0, 0.1) is 13.8 Å². The summed E-state index contributed by atoms with van der Waals surface area (Å²) in [5, 5.41) is 6.72. The third kappa shape index (κ3) is 5.73. The van der Waals surface area contributed by atoms with Gasteiger partial charge >= 0.3 is 0 Å². The summed E-state index contributed by atoms with van der Waals surface area (Å²) < 4.78 is 0. The summed E-state index contributed by atoms with van der Waals surface area (Å²) in [6.07, 6.45) is 6.61. The Morgan fingerprint density at radius 3 is 2.65 bits per heavy atom. The van der Waals surface area contributed by atoms with Crippen molar-refractivity contribution >= 4 is 35.3 Å². The van der Waals surface area contributed by atoms with Crippen molar-refractivity contribution in [1.82, 2.24) is 4.90 Å². The molecule has 0 saturated heterocycles. The van der Waals surface area contributed by atoms with E-state index >= 15 is 0 Å². The molecule has 1 fully saturated rings. The number of rotatable bonds is 6. The second kappa shape index (κ2) is 9.57. The maximum Gasteiger partial charge on any atom is 0.270 e. The number of carbonyl (C=O) groups excluding carboxylic acids is 2. The Labute approximate surface area is 159 Å². The molecule has 6 nitrogen and oxygen atoms in total. The lowest BCUT2D eigenvalue weighted by atomic mass is 9.94. The molecule has 0 radical (unpaired) electrons. The van der Waals surface area contributed by atoms with Crippen LogP contribution in [0.4, 0.5) is 5.69 Å². The fourth-order valence-corrected chi connectivity index (χ4v) is 3.55. The molecule has 1 N–H and O–H groups in total. The zero-order chi connectivity index (χ0) is 19.1. The first-order valence-corrected chi connectivity index (χ1v) is 9.25. The number of oxime groups is 1. The predicted molar refractivity (Wildman–Crippen MR) is 104 cm³/mol. The Morgan fingerprint density at radius 2 is 2.00 bits per heavy atom. The molecular weight excluding hydrogens is 354 g/mol. The number of anilines is 1. The highest BCUT2D eigenvalue weighted by Gasteiger charge is 2.22. The van der Waals surface area contributed by atoms with Gasteiger partial charge in [0.25, 0.3) is 11.8 Å². The monoisotopic (exact) mass is 379 g/mol. The van der Waals surface area contributed by atoms with Crippen LogP contribution >= 0.6 is 11.6 Å². The van der Waals surface area contributed by atoms with Gasteiger partial charge in [-0.1, -0.05) is 42.1 Å². The van der Waals surface area contributed by atoms with E-state index in [1.165, 1.54) is 6.42 Å². The molecule has 0 bridgehead atoms. The van der Waals surface area contributed by atoms with Crippen LogP contribution < -0.4 is 5.32 Å². The molecule has 1 aliphatic carbocycles. The quantitative estimate of drug-likeness (QED) is 0.605. The van der Waals surface area contributed by atoms with Crippen LogP contribution in [-0.2, 0) is 14.4 Å². The average Bonchev–Trinajstić information content (AvgIpc) is 2.61. The van der Waals surface area contributed by atoms with Crippen LogP contribution in [0.1, 0.15) is 43.2 Å². The van der Waals surface area contributed by atoms with Crippen molar-refractivity contribution in [3.8, 4) is 0 Å². The van der Waals surface area contributed by atoms with Crippen LogP contribution in [0.15, 0.2) is 17.3 Å². The number of nitrogens with zero attached hydrogens (tertiary/aromatic N) is 2. The first-order chi connectivity index (χ1) is 12.4. The van der Waals surface area contributed by atoms with Crippen LogP contribution in [0.3, 0.4) is 0 Å². The normalized spacial score (nSPS) is 15.1. The van der Waals surface area contributed by atoms with Crippen molar-refractivity contribution in [2.75, 3.05) is 19.0 Å². The number of hydrogen-bond acceptors (Lipinski definition) is 4. The number of likely N-dealkylation sites (N-methyl/N-ethyl adjacent to an activating group) is 1. The molecule has 1 aromatic rings. The van der Waals surface area contributed by atoms with E-state index in [1.807, 2.05) is 19.9 Å².